The minimum absolute atomic E-state index is 0.00986. The van der Waals surface area contributed by atoms with Crippen LogP contribution in [-0.2, 0) is 0 Å². The van der Waals surface area contributed by atoms with Crippen LogP contribution in [0.2, 0.25) is 5.15 Å². The van der Waals surface area contributed by atoms with Crippen LogP contribution in [0.3, 0.4) is 0 Å². The fraction of sp³-hybridized carbons (Fsp3) is 0.333. The number of nitrogens with zero attached hydrogens (tertiary/aromatic N) is 2. The Hall–Kier alpha value is -2.11. The van der Waals surface area contributed by atoms with E-state index < -0.39 is 6.10 Å². The van der Waals surface area contributed by atoms with Gasteiger partial charge in [0.25, 0.3) is 0 Å². The molecule has 0 unspecified atom stereocenters. The number of carbonyl (C=O) groups is 1. The molecule has 6 heteroatoms. The van der Waals surface area contributed by atoms with Crippen molar-refractivity contribution in [3.05, 3.63) is 59.4 Å². The molecular weight excluding hydrogens is 326 g/mol. The number of amides is 2. The maximum atomic E-state index is 12.5. The lowest BCUT2D eigenvalue weighted by Gasteiger charge is -2.27. The van der Waals surface area contributed by atoms with Gasteiger partial charge < -0.3 is 15.3 Å². The topological polar surface area (TPSA) is 65.5 Å². The van der Waals surface area contributed by atoms with Crippen molar-refractivity contribution in [1.82, 2.24) is 9.88 Å². The average molecular weight is 346 g/mol. The molecule has 2 N–H and O–H groups in total. The molecule has 1 saturated heterocycles. The average Bonchev–Trinajstić information content (AvgIpc) is 3.06. The van der Waals surface area contributed by atoms with Gasteiger partial charge in [-0.2, -0.15) is 0 Å². The first-order valence-corrected chi connectivity index (χ1v) is 8.44. The van der Waals surface area contributed by atoms with Crippen LogP contribution >= 0.6 is 11.6 Å². The lowest BCUT2D eigenvalue weighted by atomic mass is 10.0. The fourth-order valence-corrected chi connectivity index (χ4v) is 3.25. The smallest absolute Gasteiger partial charge is 0.322 e. The van der Waals surface area contributed by atoms with Gasteiger partial charge >= 0.3 is 6.03 Å². The van der Waals surface area contributed by atoms with Crippen molar-refractivity contribution in [3.8, 4) is 0 Å². The van der Waals surface area contributed by atoms with Gasteiger partial charge in [0.2, 0.25) is 0 Å². The Kier molecular flexibility index (Phi) is 5.33. The predicted octanol–water partition coefficient (Wildman–Crippen LogP) is 3.86. The van der Waals surface area contributed by atoms with Gasteiger partial charge in [0.1, 0.15) is 0 Å². The number of hydrogen-bond acceptors (Lipinski definition) is 3. The highest BCUT2D eigenvalue weighted by Crippen LogP contribution is 2.28. The number of aliphatic hydroxyl groups excluding tert-OH is 1. The Morgan fingerprint density at radius 3 is 2.88 bits per heavy atom. The molecule has 2 atom stereocenters. The van der Waals surface area contributed by atoms with Crippen molar-refractivity contribution in [2.75, 3.05) is 11.9 Å². The zero-order valence-electron chi connectivity index (χ0n) is 13.2. The molecule has 1 aromatic carbocycles. The summed E-state index contributed by atoms with van der Waals surface area (Å²) in [6.45, 7) is 0.676. The van der Waals surface area contributed by atoms with Crippen LogP contribution < -0.4 is 5.32 Å². The molecule has 3 rings (SSSR count). The van der Waals surface area contributed by atoms with Crippen molar-refractivity contribution >= 4 is 23.3 Å². The number of anilines is 1. The fourth-order valence-electron chi connectivity index (χ4n) is 3.08. The molecular formula is C18H20ClN3O2. The van der Waals surface area contributed by atoms with E-state index in [-0.39, 0.29) is 17.2 Å². The number of nitrogens with one attached hydrogen (secondary N) is 1. The molecule has 126 valence electrons. The van der Waals surface area contributed by atoms with Gasteiger partial charge in [0.15, 0.2) is 5.15 Å². The monoisotopic (exact) mass is 345 g/mol. The van der Waals surface area contributed by atoms with Gasteiger partial charge in [-0.25, -0.2) is 9.78 Å². The molecule has 1 aromatic heterocycles. The van der Waals surface area contributed by atoms with Gasteiger partial charge in [-0.05, 0) is 37.0 Å². The maximum absolute atomic E-state index is 12.5. The lowest BCUT2D eigenvalue weighted by molar-refractivity contribution is 0.130. The van der Waals surface area contributed by atoms with Gasteiger partial charge in [-0.1, -0.05) is 41.9 Å². The zero-order chi connectivity index (χ0) is 16.9. The summed E-state index contributed by atoms with van der Waals surface area (Å²) in [6, 6.07) is 12.8. The number of aliphatic hydroxyl groups is 1. The standard InChI is InChI=1S/C18H20ClN3O2/c19-17-15(9-4-10-20-17)21-18(24)22-11-5-8-14(22)12-16(23)13-6-2-1-3-7-13/h1-4,6-7,9-10,14,16,23H,5,8,11-12H2,(H,21,24)/t14-,16+/m0/s1. The Morgan fingerprint density at radius 1 is 1.33 bits per heavy atom. The van der Waals surface area contributed by atoms with E-state index in [9.17, 15) is 9.90 Å². The zero-order valence-corrected chi connectivity index (χ0v) is 14.0. The Morgan fingerprint density at radius 2 is 2.12 bits per heavy atom. The van der Waals surface area contributed by atoms with Crippen molar-refractivity contribution < 1.29 is 9.90 Å². The van der Waals surface area contributed by atoms with E-state index in [0.717, 1.165) is 18.4 Å². The number of pyridine rings is 1. The third kappa shape index (κ3) is 3.86. The maximum Gasteiger partial charge on any atom is 0.322 e. The summed E-state index contributed by atoms with van der Waals surface area (Å²) < 4.78 is 0. The normalized spacial score (nSPS) is 18.4. The molecule has 0 aliphatic carbocycles. The minimum Gasteiger partial charge on any atom is -0.388 e. The molecule has 0 radical (unpaired) electrons. The summed E-state index contributed by atoms with van der Waals surface area (Å²) in [5, 5.41) is 13.5. The van der Waals surface area contributed by atoms with Gasteiger partial charge in [0.05, 0.1) is 11.8 Å². The van der Waals surface area contributed by atoms with Crippen molar-refractivity contribution in [2.45, 2.75) is 31.4 Å². The number of carbonyl (C=O) groups excluding carboxylic acids is 1. The van der Waals surface area contributed by atoms with Gasteiger partial charge in [-0.15, -0.1) is 0 Å². The second kappa shape index (κ2) is 7.64. The van der Waals surface area contributed by atoms with Gasteiger partial charge in [-0.3, -0.25) is 0 Å². The molecule has 0 bridgehead atoms. The second-order valence-corrected chi connectivity index (χ2v) is 6.28. The molecule has 2 heterocycles. The largest absolute Gasteiger partial charge is 0.388 e. The molecule has 1 aliphatic rings. The number of likely N-dealkylation sites (tertiary alicyclic amines) is 1. The SMILES string of the molecule is O=C(Nc1cccnc1Cl)N1CCC[C@H]1C[C@@H](O)c1ccccc1. The summed E-state index contributed by atoms with van der Waals surface area (Å²) in [6.07, 6.45) is 3.34. The highest BCUT2D eigenvalue weighted by Gasteiger charge is 2.31. The third-order valence-corrected chi connectivity index (χ3v) is 4.62. The number of aromatic nitrogens is 1. The Labute approximate surface area is 146 Å². The summed E-state index contributed by atoms with van der Waals surface area (Å²) in [7, 11) is 0. The van der Waals surface area contributed by atoms with E-state index >= 15 is 0 Å². The Balaban J connectivity index is 1.65. The predicted molar refractivity (Wildman–Crippen MR) is 94.0 cm³/mol. The molecule has 2 amide bonds. The van der Waals surface area contributed by atoms with E-state index in [4.69, 9.17) is 11.6 Å². The van der Waals surface area contributed by atoms with Crippen LogP contribution in [0.25, 0.3) is 0 Å². The van der Waals surface area contributed by atoms with E-state index in [1.165, 1.54) is 0 Å². The molecule has 0 spiro atoms. The van der Waals surface area contributed by atoms with E-state index in [1.807, 2.05) is 30.3 Å². The first-order chi connectivity index (χ1) is 11.6. The summed E-state index contributed by atoms with van der Waals surface area (Å²) in [4.78, 5) is 18.3. The summed E-state index contributed by atoms with van der Waals surface area (Å²) in [5.41, 5.74) is 1.37. The molecule has 24 heavy (non-hydrogen) atoms. The molecule has 5 nitrogen and oxygen atoms in total. The van der Waals surface area contributed by atoms with Crippen LogP contribution in [0, 0.1) is 0 Å². The van der Waals surface area contributed by atoms with Gasteiger partial charge in [0, 0.05) is 18.8 Å². The van der Waals surface area contributed by atoms with Crippen LogP contribution in [0.4, 0.5) is 10.5 Å². The highest BCUT2D eigenvalue weighted by molar-refractivity contribution is 6.32. The van der Waals surface area contributed by atoms with Crippen LogP contribution in [-0.4, -0.2) is 33.6 Å². The van der Waals surface area contributed by atoms with Crippen LogP contribution in [0.1, 0.15) is 30.9 Å². The number of urea groups is 1. The van der Waals surface area contributed by atoms with Crippen LogP contribution in [0.5, 0.6) is 0 Å². The first-order valence-electron chi connectivity index (χ1n) is 8.06. The molecule has 1 fully saturated rings. The summed E-state index contributed by atoms with van der Waals surface area (Å²) >= 11 is 5.99. The minimum atomic E-state index is -0.577. The lowest BCUT2D eigenvalue weighted by Crippen LogP contribution is -2.39. The number of halogens is 1. The number of benzene rings is 1. The van der Waals surface area contributed by atoms with E-state index in [2.05, 4.69) is 10.3 Å². The van der Waals surface area contributed by atoms with Crippen molar-refractivity contribution in [2.24, 2.45) is 0 Å². The molecule has 0 saturated carbocycles. The third-order valence-electron chi connectivity index (χ3n) is 4.32. The van der Waals surface area contributed by atoms with Crippen molar-refractivity contribution in [1.29, 1.82) is 0 Å². The highest BCUT2D eigenvalue weighted by atomic mass is 35.5. The quantitative estimate of drug-likeness (QED) is 0.827. The first kappa shape index (κ1) is 16.7. The van der Waals surface area contributed by atoms with Crippen molar-refractivity contribution in [3.63, 3.8) is 0 Å². The van der Waals surface area contributed by atoms with E-state index in [1.54, 1.807) is 23.2 Å². The Bertz CT molecular complexity index is 696. The van der Waals surface area contributed by atoms with Crippen LogP contribution in [0.15, 0.2) is 48.7 Å². The second-order valence-electron chi connectivity index (χ2n) is 5.92. The molecule has 1 aliphatic heterocycles. The molecule has 2 aromatic rings. The summed E-state index contributed by atoms with van der Waals surface area (Å²) in [5.74, 6) is 0. The number of hydrogen-bond donors (Lipinski definition) is 2. The van der Waals surface area contributed by atoms with E-state index in [0.29, 0.717) is 18.7 Å². The number of rotatable bonds is 4.